The third-order valence-corrected chi connectivity index (χ3v) is 5.34. The summed E-state index contributed by atoms with van der Waals surface area (Å²) in [4.78, 5) is 40.0. The van der Waals surface area contributed by atoms with Gasteiger partial charge in [0.15, 0.2) is 5.16 Å². The fraction of sp³-hybridized carbons (Fsp3) is 0.273. The van der Waals surface area contributed by atoms with Gasteiger partial charge in [-0.1, -0.05) is 11.8 Å². The Morgan fingerprint density at radius 1 is 1.03 bits per heavy atom. The smallest absolute Gasteiger partial charge is 0.338 e. The number of benzene rings is 2. The van der Waals surface area contributed by atoms with Gasteiger partial charge in [-0.05, 0) is 56.3 Å². The van der Waals surface area contributed by atoms with Gasteiger partial charge < -0.3 is 19.9 Å². The molecule has 0 fully saturated rings. The summed E-state index contributed by atoms with van der Waals surface area (Å²) in [5.41, 5.74) is 3.34. The van der Waals surface area contributed by atoms with Crippen molar-refractivity contribution in [1.29, 1.82) is 0 Å². The van der Waals surface area contributed by atoms with Crippen molar-refractivity contribution in [3.63, 3.8) is 0 Å². The van der Waals surface area contributed by atoms with Crippen LogP contribution in [0.25, 0.3) is 11.0 Å². The van der Waals surface area contributed by atoms with Crippen molar-refractivity contribution in [2.45, 2.75) is 32.5 Å². The molecule has 2 aromatic carbocycles. The first kappa shape index (κ1) is 22.4. The fourth-order valence-corrected chi connectivity index (χ4v) is 3.91. The topological polar surface area (TPSA) is 102 Å². The average Bonchev–Trinajstić information content (AvgIpc) is 3.10. The number of anilines is 2. The molecule has 0 aliphatic carbocycles. The highest BCUT2D eigenvalue weighted by atomic mass is 32.2. The van der Waals surface area contributed by atoms with Gasteiger partial charge in [0.2, 0.25) is 11.8 Å². The molecule has 0 saturated heterocycles. The first-order valence-electron chi connectivity index (χ1n) is 9.89. The molecule has 0 radical (unpaired) electrons. The molecule has 0 spiro atoms. The monoisotopic (exact) mass is 440 g/mol. The van der Waals surface area contributed by atoms with Crippen LogP contribution in [0.3, 0.4) is 0 Å². The summed E-state index contributed by atoms with van der Waals surface area (Å²) in [5.74, 6) is -0.518. The number of carbonyl (C=O) groups excluding carboxylic acids is 3. The Morgan fingerprint density at radius 2 is 1.71 bits per heavy atom. The van der Waals surface area contributed by atoms with E-state index in [0.717, 1.165) is 5.52 Å². The maximum atomic E-state index is 12.4. The number of rotatable bonds is 8. The summed E-state index contributed by atoms with van der Waals surface area (Å²) in [6, 6.07) is 12.2. The summed E-state index contributed by atoms with van der Waals surface area (Å²) in [7, 11) is 0. The number of imidazole rings is 1. The van der Waals surface area contributed by atoms with E-state index in [9.17, 15) is 14.4 Å². The lowest BCUT2D eigenvalue weighted by Gasteiger charge is -2.08. The van der Waals surface area contributed by atoms with Gasteiger partial charge in [-0.25, -0.2) is 9.78 Å². The molecule has 1 heterocycles. The molecule has 0 bridgehead atoms. The summed E-state index contributed by atoms with van der Waals surface area (Å²) in [5, 5.41) is 6.21. The molecule has 2 N–H and O–H groups in total. The van der Waals surface area contributed by atoms with Crippen molar-refractivity contribution < 1.29 is 19.1 Å². The molecular formula is C22H24N4O4S. The van der Waals surface area contributed by atoms with Crippen LogP contribution < -0.4 is 10.6 Å². The van der Waals surface area contributed by atoms with Crippen LogP contribution >= 0.6 is 11.8 Å². The Labute approximate surface area is 184 Å². The Balaban J connectivity index is 1.67. The van der Waals surface area contributed by atoms with Gasteiger partial charge in [-0.2, -0.15) is 0 Å². The Kier molecular flexibility index (Phi) is 7.30. The maximum absolute atomic E-state index is 12.4. The molecule has 0 atom stereocenters. The van der Waals surface area contributed by atoms with E-state index in [4.69, 9.17) is 4.74 Å². The normalized spacial score (nSPS) is 10.7. The van der Waals surface area contributed by atoms with E-state index in [1.165, 1.54) is 18.7 Å². The van der Waals surface area contributed by atoms with Gasteiger partial charge in [0.1, 0.15) is 0 Å². The third kappa shape index (κ3) is 5.64. The highest BCUT2D eigenvalue weighted by Gasteiger charge is 2.15. The van der Waals surface area contributed by atoms with E-state index >= 15 is 0 Å². The van der Waals surface area contributed by atoms with Crippen molar-refractivity contribution in [1.82, 2.24) is 9.55 Å². The number of fused-ring (bicyclic) bond motifs is 1. The molecule has 3 rings (SSSR count). The van der Waals surface area contributed by atoms with Crippen LogP contribution in [0.1, 0.15) is 31.1 Å². The predicted octanol–water partition coefficient (Wildman–Crippen LogP) is 3.92. The second-order valence-electron chi connectivity index (χ2n) is 6.66. The Bertz CT molecular complexity index is 1110. The third-order valence-electron chi connectivity index (χ3n) is 4.36. The fourth-order valence-electron chi connectivity index (χ4n) is 3.03. The lowest BCUT2D eigenvalue weighted by Crippen LogP contribution is -2.14. The Hall–Kier alpha value is -3.33. The molecule has 2 amide bonds. The zero-order valence-corrected chi connectivity index (χ0v) is 18.4. The summed E-state index contributed by atoms with van der Waals surface area (Å²) < 4.78 is 7.05. The van der Waals surface area contributed by atoms with Gasteiger partial charge in [0, 0.05) is 24.8 Å². The zero-order chi connectivity index (χ0) is 22.4. The number of carbonyl (C=O) groups is 3. The minimum Gasteiger partial charge on any atom is -0.462 e. The predicted molar refractivity (Wildman–Crippen MR) is 121 cm³/mol. The van der Waals surface area contributed by atoms with E-state index in [1.807, 2.05) is 17.6 Å². The van der Waals surface area contributed by atoms with Gasteiger partial charge in [0.05, 0.1) is 29.0 Å². The second-order valence-corrected chi connectivity index (χ2v) is 7.60. The van der Waals surface area contributed by atoms with E-state index < -0.39 is 0 Å². The van der Waals surface area contributed by atoms with Gasteiger partial charge in [0.25, 0.3) is 0 Å². The van der Waals surface area contributed by atoms with Crippen LogP contribution in [0, 0.1) is 0 Å². The van der Waals surface area contributed by atoms with Crippen LogP contribution in [0.4, 0.5) is 11.4 Å². The molecule has 162 valence electrons. The average molecular weight is 441 g/mol. The minimum absolute atomic E-state index is 0.152. The van der Waals surface area contributed by atoms with Crippen molar-refractivity contribution >= 4 is 52.0 Å². The van der Waals surface area contributed by atoms with Crippen molar-refractivity contribution in [3.05, 3.63) is 48.0 Å². The highest BCUT2D eigenvalue weighted by molar-refractivity contribution is 7.99. The number of aryl methyl sites for hydroxylation is 1. The van der Waals surface area contributed by atoms with Crippen LogP contribution in [0.5, 0.6) is 0 Å². The van der Waals surface area contributed by atoms with Gasteiger partial charge in [-0.15, -0.1) is 0 Å². The van der Waals surface area contributed by atoms with Gasteiger partial charge >= 0.3 is 5.97 Å². The molecule has 1 aromatic heterocycles. The largest absolute Gasteiger partial charge is 0.462 e. The lowest BCUT2D eigenvalue weighted by atomic mass is 10.2. The summed E-state index contributed by atoms with van der Waals surface area (Å²) in [6.07, 6.45) is 0. The number of hydrogen-bond acceptors (Lipinski definition) is 6. The first-order chi connectivity index (χ1) is 14.9. The molecule has 0 aliphatic rings. The van der Waals surface area contributed by atoms with Crippen LogP contribution in [0.2, 0.25) is 0 Å². The number of ether oxygens (including phenoxy) is 1. The summed E-state index contributed by atoms with van der Waals surface area (Å²) in [6.45, 7) is 6.20. The van der Waals surface area contributed by atoms with E-state index in [1.54, 1.807) is 43.3 Å². The second kappa shape index (κ2) is 10.1. The molecule has 8 nitrogen and oxygen atoms in total. The number of thioether (sulfide) groups is 1. The van der Waals surface area contributed by atoms with Crippen molar-refractivity contribution in [2.75, 3.05) is 23.0 Å². The summed E-state index contributed by atoms with van der Waals surface area (Å²) >= 11 is 1.33. The number of nitrogens with one attached hydrogen (secondary N) is 2. The first-order valence-corrected chi connectivity index (χ1v) is 10.9. The van der Waals surface area contributed by atoms with Crippen LogP contribution in [0.15, 0.2) is 47.6 Å². The minimum atomic E-state index is -0.381. The quantitative estimate of drug-likeness (QED) is 0.407. The number of nitrogens with zero attached hydrogens (tertiary/aromatic N) is 2. The standard InChI is InChI=1S/C22H24N4O4S/c1-4-26-19-11-6-15(21(29)30-5-2)12-18(19)25-22(26)31-13-20(28)24-17-9-7-16(8-10-17)23-14(3)27/h6-12H,4-5,13H2,1-3H3,(H,23,27)(H,24,28). The molecule has 0 unspecified atom stereocenters. The molecule has 0 aliphatic heterocycles. The van der Waals surface area contributed by atoms with E-state index in [0.29, 0.717) is 40.8 Å². The van der Waals surface area contributed by atoms with Gasteiger partial charge in [-0.3, -0.25) is 9.59 Å². The van der Waals surface area contributed by atoms with Crippen LogP contribution in [-0.2, 0) is 20.9 Å². The molecule has 9 heteroatoms. The lowest BCUT2D eigenvalue weighted by molar-refractivity contribution is -0.114. The maximum Gasteiger partial charge on any atom is 0.338 e. The van der Waals surface area contributed by atoms with E-state index in [-0.39, 0.29) is 23.5 Å². The molecule has 3 aromatic rings. The van der Waals surface area contributed by atoms with Crippen molar-refractivity contribution in [3.8, 4) is 0 Å². The molecule has 31 heavy (non-hydrogen) atoms. The Morgan fingerprint density at radius 3 is 2.32 bits per heavy atom. The number of esters is 1. The SMILES string of the molecule is CCOC(=O)c1ccc2c(c1)nc(SCC(=O)Nc1ccc(NC(C)=O)cc1)n2CC. The van der Waals surface area contributed by atoms with Crippen molar-refractivity contribution in [2.24, 2.45) is 0 Å². The number of amides is 2. The number of aromatic nitrogens is 2. The molecule has 0 saturated carbocycles. The zero-order valence-electron chi connectivity index (χ0n) is 17.6. The van der Waals surface area contributed by atoms with Crippen LogP contribution in [-0.4, -0.2) is 39.7 Å². The highest BCUT2D eigenvalue weighted by Crippen LogP contribution is 2.25. The number of hydrogen-bond donors (Lipinski definition) is 2. The van der Waals surface area contributed by atoms with E-state index in [2.05, 4.69) is 15.6 Å². The molecular weight excluding hydrogens is 416 g/mol.